The zero-order valence-electron chi connectivity index (χ0n) is 14.2. The Morgan fingerprint density at radius 1 is 1.29 bits per heavy atom. The summed E-state index contributed by atoms with van der Waals surface area (Å²) in [5.74, 6) is 1.74. The Balaban J connectivity index is 1.36. The number of carbonyl (C=O) groups is 1. The van der Waals surface area contributed by atoms with Gasteiger partial charge in [0.2, 0.25) is 0 Å². The lowest BCUT2D eigenvalue weighted by Crippen LogP contribution is -2.40. The van der Waals surface area contributed by atoms with Crippen molar-refractivity contribution in [3.63, 3.8) is 0 Å². The average molecular weight is 324 g/mol. The second kappa shape index (κ2) is 5.31. The Kier molecular flexibility index (Phi) is 3.20. The lowest BCUT2D eigenvalue weighted by molar-refractivity contribution is 0.0931. The molecule has 5 heteroatoms. The maximum Gasteiger partial charge on any atom is 0.251 e. The van der Waals surface area contributed by atoms with Crippen LogP contribution in [0.15, 0.2) is 18.2 Å². The van der Waals surface area contributed by atoms with Crippen molar-refractivity contribution in [1.29, 1.82) is 0 Å². The minimum absolute atomic E-state index is 0.0555. The molecule has 2 aromatic rings. The Morgan fingerprint density at radius 2 is 2.17 bits per heavy atom. The molecule has 2 fully saturated rings. The quantitative estimate of drug-likeness (QED) is 0.942. The molecule has 5 rings (SSSR count). The number of likely N-dealkylation sites (tertiary alicyclic amines) is 1. The SMILES string of the molecule is CC1CN(C2CC2)CC1NC(=O)c1ccc2nc3n(c2c1)CCC3. The summed E-state index contributed by atoms with van der Waals surface area (Å²) in [6.07, 6.45) is 4.87. The predicted octanol–water partition coefficient (Wildman–Crippen LogP) is 2.20. The third kappa shape index (κ3) is 2.34. The molecule has 24 heavy (non-hydrogen) atoms. The molecule has 2 aliphatic heterocycles. The van der Waals surface area contributed by atoms with Crippen LogP contribution in [0.5, 0.6) is 0 Å². The van der Waals surface area contributed by atoms with Gasteiger partial charge in [-0.05, 0) is 43.4 Å². The topological polar surface area (TPSA) is 50.2 Å². The van der Waals surface area contributed by atoms with E-state index in [0.717, 1.165) is 60.9 Å². The van der Waals surface area contributed by atoms with Gasteiger partial charge in [-0.3, -0.25) is 9.69 Å². The summed E-state index contributed by atoms with van der Waals surface area (Å²) in [5, 5.41) is 3.27. The Morgan fingerprint density at radius 3 is 3.00 bits per heavy atom. The van der Waals surface area contributed by atoms with Crippen molar-refractivity contribution in [2.45, 2.75) is 51.2 Å². The van der Waals surface area contributed by atoms with Crippen molar-refractivity contribution in [2.24, 2.45) is 5.92 Å². The maximum atomic E-state index is 12.7. The molecule has 1 aromatic carbocycles. The van der Waals surface area contributed by atoms with Gasteiger partial charge < -0.3 is 9.88 Å². The molecule has 0 radical (unpaired) electrons. The lowest BCUT2D eigenvalue weighted by Gasteiger charge is -2.17. The molecule has 3 aliphatic rings. The van der Waals surface area contributed by atoms with E-state index >= 15 is 0 Å². The number of benzene rings is 1. The van der Waals surface area contributed by atoms with Gasteiger partial charge in [-0.15, -0.1) is 0 Å². The molecule has 3 heterocycles. The summed E-state index contributed by atoms with van der Waals surface area (Å²) in [6.45, 7) is 5.39. The Labute approximate surface area is 142 Å². The van der Waals surface area contributed by atoms with E-state index in [-0.39, 0.29) is 11.9 Å². The number of hydrogen-bond acceptors (Lipinski definition) is 3. The van der Waals surface area contributed by atoms with Crippen LogP contribution in [0, 0.1) is 5.92 Å². The van der Waals surface area contributed by atoms with Crippen LogP contribution in [0.3, 0.4) is 0 Å². The first-order chi connectivity index (χ1) is 11.7. The molecule has 1 saturated carbocycles. The fourth-order valence-corrected chi connectivity index (χ4v) is 4.33. The van der Waals surface area contributed by atoms with Gasteiger partial charge >= 0.3 is 0 Å². The van der Waals surface area contributed by atoms with Crippen molar-refractivity contribution in [3.8, 4) is 0 Å². The van der Waals surface area contributed by atoms with Crippen LogP contribution in [-0.4, -0.2) is 45.5 Å². The molecule has 0 bridgehead atoms. The molecule has 1 amide bonds. The summed E-state index contributed by atoms with van der Waals surface area (Å²) >= 11 is 0. The molecule has 0 spiro atoms. The molecule has 1 N–H and O–H groups in total. The average Bonchev–Trinajstić information content (AvgIpc) is 3.07. The normalized spacial score (nSPS) is 26.9. The maximum absolute atomic E-state index is 12.7. The van der Waals surface area contributed by atoms with Crippen molar-refractivity contribution in [1.82, 2.24) is 19.8 Å². The van der Waals surface area contributed by atoms with Crippen LogP contribution in [0.4, 0.5) is 0 Å². The first-order valence-corrected chi connectivity index (χ1v) is 9.23. The Hall–Kier alpha value is -1.88. The van der Waals surface area contributed by atoms with Crippen LogP contribution in [0.1, 0.15) is 42.4 Å². The summed E-state index contributed by atoms with van der Waals surface area (Å²) < 4.78 is 2.26. The van der Waals surface area contributed by atoms with E-state index in [1.54, 1.807) is 0 Å². The second-order valence-corrected chi connectivity index (χ2v) is 7.73. The zero-order valence-corrected chi connectivity index (χ0v) is 14.2. The van der Waals surface area contributed by atoms with Crippen LogP contribution in [0.2, 0.25) is 0 Å². The van der Waals surface area contributed by atoms with Gasteiger partial charge in [0, 0.05) is 43.7 Å². The van der Waals surface area contributed by atoms with Crippen LogP contribution < -0.4 is 5.32 Å². The van der Waals surface area contributed by atoms with Crippen molar-refractivity contribution in [3.05, 3.63) is 29.6 Å². The fraction of sp³-hybridized carbons (Fsp3) is 0.579. The first kappa shape index (κ1) is 14.5. The number of aromatic nitrogens is 2. The first-order valence-electron chi connectivity index (χ1n) is 9.23. The van der Waals surface area contributed by atoms with Gasteiger partial charge in [0.05, 0.1) is 11.0 Å². The van der Waals surface area contributed by atoms with Crippen LogP contribution in [0.25, 0.3) is 11.0 Å². The highest BCUT2D eigenvalue weighted by molar-refractivity contribution is 5.97. The molecule has 2 atom stereocenters. The largest absolute Gasteiger partial charge is 0.348 e. The third-order valence-corrected chi connectivity index (χ3v) is 5.89. The van der Waals surface area contributed by atoms with Gasteiger partial charge in [0.1, 0.15) is 5.82 Å². The zero-order chi connectivity index (χ0) is 16.3. The number of nitrogens with one attached hydrogen (secondary N) is 1. The van der Waals surface area contributed by atoms with E-state index in [2.05, 4.69) is 26.7 Å². The van der Waals surface area contributed by atoms with E-state index in [4.69, 9.17) is 0 Å². The summed E-state index contributed by atoms with van der Waals surface area (Å²) in [4.78, 5) is 20.0. The number of aryl methyl sites for hydroxylation is 2. The monoisotopic (exact) mass is 324 g/mol. The minimum Gasteiger partial charge on any atom is -0.348 e. The number of fused-ring (bicyclic) bond motifs is 3. The third-order valence-electron chi connectivity index (χ3n) is 5.89. The van der Waals surface area contributed by atoms with E-state index in [9.17, 15) is 4.79 Å². The van der Waals surface area contributed by atoms with E-state index in [1.807, 2.05) is 18.2 Å². The van der Waals surface area contributed by atoms with Crippen LogP contribution >= 0.6 is 0 Å². The van der Waals surface area contributed by atoms with Gasteiger partial charge in [-0.1, -0.05) is 6.92 Å². The van der Waals surface area contributed by atoms with Crippen molar-refractivity contribution in [2.75, 3.05) is 13.1 Å². The minimum atomic E-state index is 0.0555. The molecule has 2 unspecified atom stereocenters. The number of hydrogen-bond donors (Lipinski definition) is 1. The molecular formula is C19H24N4O. The molecule has 5 nitrogen and oxygen atoms in total. The summed E-state index contributed by atoms with van der Waals surface area (Å²) in [5.41, 5.74) is 2.87. The van der Waals surface area contributed by atoms with E-state index in [0.29, 0.717) is 5.92 Å². The molecule has 126 valence electrons. The molecule has 1 aromatic heterocycles. The highest BCUT2D eigenvalue weighted by Gasteiger charge is 2.38. The van der Waals surface area contributed by atoms with Gasteiger partial charge in [-0.2, -0.15) is 0 Å². The molecular weight excluding hydrogens is 300 g/mol. The molecule has 1 saturated heterocycles. The smallest absolute Gasteiger partial charge is 0.251 e. The van der Waals surface area contributed by atoms with E-state index in [1.165, 1.54) is 12.8 Å². The Bertz CT molecular complexity index is 807. The molecule has 1 aliphatic carbocycles. The van der Waals surface area contributed by atoms with Crippen molar-refractivity contribution < 1.29 is 4.79 Å². The van der Waals surface area contributed by atoms with Gasteiger partial charge in [-0.25, -0.2) is 4.98 Å². The number of rotatable bonds is 3. The highest BCUT2D eigenvalue weighted by atomic mass is 16.1. The number of nitrogens with zero attached hydrogens (tertiary/aromatic N) is 3. The lowest BCUT2D eigenvalue weighted by atomic mass is 10.1. The van der Waals surface area contributed by atoms with Crippen molar-refractivity contribution >= 4 is 16.9 Å². The standard InChI is InChI=1S/C19H24N4O/c1-12-10-22(14-5-6-14)11-16(12)21-19(24)13-4-7-15-17(9-13)23-8-2-3-18(23)20-15/h4,7,9,12,14,16H,2-3,5-6,8,10-11H2,1H3,(H,21,24). The highest BCUT2D eigenvalue weighted by Crippen LogP contribution is 2.32. The summed E-state index contributed by atoms with van der Waals surface area (Å²) in [7, 11) is 0. The number of carbonyl (C=O) groups excluding carboxylic acids is 1. The second-order valence-electron chi connectivity index (χ2n) is 7.73. The fourth-order valence-electron chi connectivity index (χ4n) is 4.33. The van der Waals surface area contributed by atoms with Crippen LogP contribution in [-0.2, 0) is 13.0 Å². The van der Waals surface area contributed by atoms with Gasteiger partial charge in [0.25, 0.3) is 5.91 Å². The van der Waals surface area contributed by atoms with Gasteiger partial charge in [0.15, 0.2) is 0 Å². The predicted molar refractivity (Wildman–Crippen MR) is 93.1 cm³/mol. The van der Waals surface area contributed by atoms with E-state index < -0.39 is 0 Å². The number of amides is 1. The summed E-state index contributed by atoms with van der Waals surface area (Å²) in [6, 6.07) is 6.97. The number of imidazole rings is 1.